The second kappa shape index (κ2) is 10.7. The van der Waals surface area contributed by atoms with E-state index in [4.69, 9.17) is 14.1 Å². The van der Waals surface area contributed by atoms with Crippen LogP contribution < -0.4 is 10.6 Å². The molecule has 4 rings (SSSR count). The molecule has 8 heteroatoms. The van der Waals surface area contributed by atoms with Crippen LogP contribution in [0.15, 0.2) is 45.9 Å². The van der Waals surface area contributed by atoms with Crippen LogP contribution in [0.1, 0.15) is 30.0 Å². The van der Waals surface area contributed by atoms with Gasteiger partial charge in [-0.1, -0.05) is 0 Å². The topological polar surface area (TPSA) is 77.8 Å². The Morgan fingerprint density at radius 3 is 2.81 bits per heavy atom. The maximum Gasteiger partial charge on any atom is 0.191 e. The van der Waals surface area contributed by atoms with E-state index in [1.807, 2.05) is 31.3 Å². The number of aryl methyl sites for hydroxylation is 1. The Balaban J connectivity index is 1.41. The number of rotatable bonds is 8. The first kappa shape index (κ1) is 22.4. The van der Waals surface area contributed by atoms with Crippen molar-refractivity contribution < 1.29 is 13.5 Å². The third kappa shape index (κ3) is 5.49. The fourth-order valence-corrected chi connectivity index (χ4v) is 4.11. The van der Waals surface area contributed by atoms with Crippen molar-refractivity contribution >= 4 is 16.9 Å². The molecule has 32 heavy (non-hydrogen) atoms. The number of aromatic amines is 1. The summed E-state index contributed by atoms with van der Waals surface area (Å²) in [5.41, 5.74) is 1.98. The molecular formula is C24H32FN5O2. The summed E-state index contributed by atoms with van der Waals surface area (Å²) >= 11 is 0. The first-order valence-electron chi connectivity index (χ1n) is 11.3. The third-order valence-corrected chi connectivity index (χ3v) is 5.76. The minimum atomic E-state index is -0.229. The van der Waals surface area contributed by atoms with Gasteiger partial charge in [0.1, 0.15) is 17.3 Å². The number of H-pyrrole nitrogens is 1. The molecule has 1 fully saturated rings. The molecule has 3 heterocycles. The van der Waals surface area contributed by atoms with Crippen LogP contribution in [0.5, 0.6) is 0 Å². The van der Waals surface area contributed by atoms with Gasteiger partial charge in [-0.15, -0.1) is 0 Å². The van der Waals surface area contributed by atoms with Crippen LogP contribution in [-0.4, -0.2) is 61.8 Å². The maximum atomic E-state index is 13.4. The van der Waals surface area contributed by atoms with E-state index in [1.165, 1.54) is 12.1 Å². The van der Waals surface area contributed by atoms with E-state index in [1.54, 1.807) is 0 Å². The van der Waals surface area contributed by atoms with Gasteiger partial charge in [0, 0.05) is 43.3 Å². The summed E-state index contributed by atoms with van der Waals surface area (Å²) in [5, 5.41) is 7.81. The highest BCUT2D eigenvalue weighted by molar-refractivity contribution is 5.83. The van der Waals surface area contributed by atoms with Crippen LogP contribution in [0.3, 0.4) is 0 Å². The van der Waals surface area contributed by atoms with Gasteiger partial charge in [-0.2, -0.15) is 0 Å². The Bertz CT molecular complexity index is 1040. The smallest absolute Gasteiger partial charge is 0.191 e. The van der Waals surface area contributed by atoms with Gasteiger partial charge in [0.15, 0.2) is 5.96 Å². The molecule has 1 atom stereocenters. The summed E-state index contributed by atoms with van der Waals surface area (Å²) in [6.45, 7) is 9.30. The van der Waals surface area contributed by atoms with Gasteiger partial charge in [-0.25, -0.2) is 4.39 Å². The van der Waals surface area contributed by atoms with Crippen LogP contribution >= 0.6 is 0 Å². The Kier molecular flexibility index (Phi) is 7.44. The molecule has 0 amide bonds. The zero-order chi connectivity index (χ0) is 22.3. The van der Waals surface area contributed by atoms with E-state index < -0.39 is 0 Å². The van der Waals surface area contributed by atoms with Gasteiger partial charge in [0.2, 0.25) is 0 Å². The van der Waals surface area contributed by atoms with Gasteiger partial charge in [-0.05, 0) is 56.2 Å². The molecule has 172 valence electrons. The lowest BCUT2D eigenvalue weighted by Crippen LogP contribution is -2.42. The molecule has 1 aromatic carbocycles. The normalized spacial score (nSPS) is 16.4. The third-order valence-electron chi connectivity index (χ3n) is 5.76. The average Bonchev–Trinajstić information content (AvgIpc) is 3.40. The molecule has 0 radical (unpaired) electrons. The van der Waals surface area contributed by atoms with Crippen LogP contribution in [0, 0.1) is 12.7 Å². The molecule has 0 aliphatic carbocycles. The van der Waals surface area contributed by atoms with Crippen LogP contribution in [0.2, 0.25) is 0 Å². The minimum absolute atomic E-state index is 0.0755. The molecular weight excluding hydrogens is 409 g/mol. The van der Waals surface area contributed by atoms with Crippen LogP contribution in [-0.2, 0) is 11.2 Å². The Morgan fingerprint density at radius 2 is 2.06 bits per heavy atom. The number of hydrogen-bond donors (Lipinski definition) is 3. The monoisotopic (exact) mass is 441 g/mol. The molecule has 0 saturated carbocycles. The van der Waals surface area contributed by atoms with E-state index in [2.05, 4.69) is 27.4 Å². The zero-order valence-electron chi connectivity index (χ0n) is 18.8. The summed E-state index contributed by atoms with van der Waals surface area (Å²) in [6.07, 6.45) is 2.75. The van der Waals surface area contributed by atoms with E-state index >= 15 is 0 Å². The summed E-state index contributed by atoms with van der Waals surface area (Å²) < 4.78 is 24.9. The summed E-state index contributed by atoms with van der Waals surface area (Å²) in [5.74, 6) is 2.40. The van der Waals surface area contributed by atoms with Crippen LogP contribution in [0.4, 0.5) is 4.39 Å². The highest BCUT2D eigenvalue weighted by Crippen LogP contribution is 2.24. The predicted octanol–water partition coefficient (Wildman–Crippen LogP) is 3.38. The van der Waals surface area contributed by atoms with Gasteiger partial charge >= 0.3 is 0 Å². The van der Waals surface area contributed by atoms with E-state index in [0.29, 0.717) is 6.54 Å². The number of benzene rings is 1. The standard InChI is InChI=1S/C24H32FN5O2/c1-3-26-24(27-9-8-18-15-28-21-14-19(25)5-6-20(18)21)29-16-22(23-7-4-17(2)32-23)30-10-12-31-13-11-30/h4-7,14-15,22,28H,3,8-13,16H2,1-2H3,(H2,26,27,29). The largest absolute Gasteiger partial charge is 0.465 e. The fraction of sp³-hybridized carbons (Fsp3) is 0.458. The van der Waals surface area contributed by atoms with E-state index in [9.17, 15) is 4.39 Å². The van der Waals surface area contributed by atoms with Crippen molar-refractivity contribution in [3.63, 3.8) is 0 Å². The number of hydrogen-bond acceptors (Lipinski definition) is 4. The highest BCUT2D eigenvalue weighted by Gasteiger charge is 2.25. The summed E-state index contributed by atoms with van der Waals surface area (Å²) in [6, 6.07) is 8.98. The summed E-state index contributed by atoms with van der Waals surface area (Å²) in [4.78, 5) is 10.4. The van der Waals surface area contributed by atoms with Crippen LogP contribution in [0.25, 0.3) is 10.9 Å². The zero-order valence-corrected chi connectivity index (χ0v) is 18.8. The molecule has 1 saturated heterocycles. The lowest BCUT2D eigenvalue weighted by atomic mass is 10.1. The molecule has 2 aromatic heterocycles. The molecule has 1 unspecified atom stereocenters. The average molecular weight is 442 g/mol. The maximum absolute atomic E-state index is 13.4. The number of nitrogens with one attached hydrogen (secondary N) is 3. The quantitative estimate of drug-likeness (QED) is 0.369. The van der Waals surface area contributed by atoms with Crippen molar-refractivity contribution in [1.82, 2.24) is 20.5 Å². The molecule has 1 aliphatic heterocycles. The molecule has 3 N–H and O–H groups in total. The molecule has 0 bridgehead atoms. The first-order valence-corrected chi connectivity index (χ1v) is 11.3. The minimum Gasteiger partial charge on any atom is -0.465 e. The van der Waals surface area contributed by atoms with Gasteiger partial charge in [0.05, 0.1) is 25.8 Å². The summed E-state index contributed by atoms with van der Waals surface area (Å²) in [7, 11) is 0. The number of ether oxygens (including phenoxy) is 1. The molecule has 1 aliphatic rings. The molecule has 0 spiro atoms. The van der Waals surface area contributed by atoms with Crippen molar-refractivity contribution in [3.8, 4) is 0 Å². The van der Waals surface area contributed by atoms with Crippen molar-refractivity contribution in [2.45, 2.75) is 26.3 Å². The van der Waals surface area contributed by atoms with Crippen molar-refractivity contribution in [3.05, 3.63) is 59.4 Å². The number of nitrogens with zero attached hydrogens (tertiary/aromatic N) is 2. The fourth-order valence-electron chi connectivity index (χ4n) is 4.11. The van der Waals surface area contributed by atoms with Crippen molar-refractivity contribution in [2.75, 3.05) is 45.9 Å². The SMILES string of the molecule is CCNC(=NCC(c1ccc(C)o1)N1CCOCC1)NCCc1c[nH]c2cc(F)ccc12. The van der Waals surface area contributed by atoms with E-state index in [-0.39, 0.29) is 11.9 Å². The van der Waals surface area contributed by atoms with Crippen molar-refractivity contribution in [1.29, 1.82) is 0 Å². The predicted molar refractivity (Wildman–Crippen MR) is 125 cm³/mol. The van der Waals surface area contributed by atoms with Gasteiger partial charge in [-0.3, -0.25) is 9.89 Å². The molecule has 7 nitrogen and oxygen atoms in total. The number of fused-ring (bicyclic) bond motifs is 1. The Hall–Kier alpha value is -2.84. The molecule has 3 aromatic rings. The van der Waals surface area contributed by atoms with Gasteiger partial charge < -0.3 is 24.8 Å². The van der Waals surface area contributed by atoms with Gasteiger partial charge in [0.25, 0.3) is 0 Å². The first-order chi connectivity index (χ1) is 15.6. The number of aromatic nitrogens is 1. The van der Waals surface area contributed by atoms with E-state index in [0.717, 1.165) is 79.8 Å². The highest BCUT2D eigenvalue weighted by atomic mass is 19.1. The lowest BCUT2D eigenvalue weighted by Gasteiger charge is -2.32. The second-order valence-electron chi connectivity index (χ2n) is 8.01. The number of morpholine rings is 1. The second-order valence-corrected chi connectivity index (χ2v) is 8.01. The lowest BCUT2D eigenvalue weighted by molar-refractivity contribution is 0.0135. The number of guanidine groups is 1. The number of halogens is 1. The Morgan fingerprint density at radius 1 is 1.22 bits per heavy atom. The number of aliphatic imine (C=N–C) groups is 1. The van der Waals surface area contributed by atoms with Crippen molar-refractivity contribution in [2.24, 2.45) is 4.99 Å². The Labute approximate surface area is 188 Å². The number of furan rings is 1.